The maximum atomic E-state index is 5.99. The molecule has 0 saturated heterocycles. The smallest absolute Gasteiger partial charge is 0.0931 e. The minimum absolute atomic E-state index is 0.195. The second kappa shape index (κ2) is 5.54. The SMILES string of the molecule is CNc1cccc(C(NC)c2ccc(Cl)s2)c1. The summed E-state index contributed by atoms with van der Waals surface area (Å²) in [6.07, 6.45) is 0. The molecule has 2 nitrogen and oxygen atoms in total. The molecule has 0 aliphatic carbocycles. The third kappa shape index (κ3) is 2.80. The van der Waals surface area contributed by atoms with Crippen LogP contribution in [0.2, 0.25) is 4.34 Å². The lowest BCUT2D eigenvalue weighted by Crippen LogP contribution is -2.16. The van der Waals surface area contributed by atoms with Gasteiger partial charge in [0.15, 0.2) is 0 Å². The minimum atomic E-state index is 0.195. The van der Waals surface area contributed by atoms with Crippen LogP contribution in [0.15, 0.2) is 36.4 Å². The van der Waals surface area contributed by atoms with Gasteiger partial charge in [0.1, 0.15) is 0 Å². The zero-order valence-corrected chi connectivity index (χ0v) is 11.4. The largest absolute Gasteiger partial charge is 0.388 e. The van der Waals surface area contributed by atoms with Gasteiger partial charge < -0.3 is 10.6 Å². The van der Waals surface area contributed by atoms with E-state index >= 15 is 0 Å². The highest BCUT2D eigenvalue weighted by molar-refractivity contribution is 7.16. The Morgan fingerprint density at radius 3 is 2.59 bits per heavy atom. The number of hydrogen-bond donors (Lipinski definition) is 2. The van der Waals surface area contributed by atoms with Crippen LogP contribution in [0.25, 0.3) is 0 Å². The lowest BCUT2D eigenvalue weighted by molar-refractivity contribution is 0.704. The molecular formula is C13H15ClN2S. The van der Waals surface area contributed by atoms with Gasteiger partial charge in [0.2, 0.25) is 0 Å². The highest BCUT2D eigenvalue weighted by atomic mass is 35.5. The van der Waals surface area contributed by atoms with Crippen LogP contribution in [-0.2, 0) is 0 Å². The standard InChI is InChI=1S/C13H15ClN2S/c1-15-10-5-3-4-9(8-10)13(16-2)11-6-7-12(14)17-11/h3-8,13,15-16H,1-2H3. The van der Waals surface area contributed by atoms with E-state index in [2.05, 4.69) is 41.0 Å². The summed E-state index contributed by atoms with van der Waals surface area (Å²) in [5, 5.41) is 6.48. The van der Waals surface area contributed by atoms with Crippen molar-refractivity contribution in [3.05, 3.63) is 51.2 Å². The summed E-state index contributed by atoms with van der Waals surface area (Å²) >= 11 is 7.60. The average molecular weight is 267 g/mol. The van der Waals surface area contributed by atoms with E-state index in [1.165, 1.54) is 10.4 Å². The van der Waals surface area contributed by atoms with Gasteiger partial charge >= 0.3 is 0 Å². The molecule has 0 spiro atoms. The Morgan fingerprint density at radius 1 is 1.18 bits per heavy atom. The van der Waals surface area contributed by atoms with Crippen LogP contribution >= 0.6 is 22.9 Å². The molecule has 2 N–H and O–H groups in total. The van der Waals surface area contributed by atoms with Gasteiger partial charge in [-0.15, -0.1) is 11.3 Å². The van der Waals surface area contributed by atoms with Gasteiger partial charge in [-0.1, -0.05) is 23.7 Å². The number of nitrogens with one attached hydrogen (secondary N) is 2. The molecule has 17 heavy (non-hydrogen) atoms. The van der Waals surface area contributed by atoms with Crippen LogP contribution in [-0.4, -0.2) is 14.1 Å². The number of hydrogen-bond acceptors (Lipinski definition) is 3. The summed E-state index contributed by atoms with van der Waals surface area (Å²) in [5.41, 5.74) is 2.35. The van der Waals surface area contributed by atoms with Crippen molar-refractivity contribution in [2.24, 2.45) is 0 Å². The van der Waals surface area contributed by atoms with E-state index in [4.69, 9.17) is 11.6 Å². The van der Waals surface area contributed by atoms with E-state index in [0.29, 0.717) is 0 Å². The van der Waals surface area contributed by atoms with Crippen molar-refractivity contribution in [1.82, 2.24) is 5.32 Å². The molecule has 0 fully saturated rings. The van der Waals surface area contributed by atoms with Crippen molar-refractivity contribution in [3.8, 4) is 0 Å². The van der Waals surface area contributed by atoms with Gasteiger partial charge in [0, 0.05) is 17.6 Å². The fourth-order valence-corrected chi connectivity index (χ4v) is 3.03. The highest BCUT2D eigenvalue weighted by Crippen LogP contribution is 2.31. The fourth-order valence-electron chi connectivity index (χ4n) is 1.83. The van der Waals surface area contributed by atoms with Gasteiger partial charge in [0.25, 0.3) is 0 Å². The highest BCUT2D eigenvalue weighted by Gasteiger charge is 2.14. The average Bonchev–Trinajstić information content (AvgIpc) is 2.77. The summed E-state index contributed by atoms with van der Waals surface area (Å²) in [6.45, 7) is 0. The summed E-state index contributed by atoms with van der Waals surface area (Å²) < 4.78 is 0.824. The first-order chi connectivity index (χ1) is 8.24. The van der Waals surface area contributed by atoms with Gasteiger partial charge in [-0.05, 0) is 36.9 Å². The van der Waals surface area contributed by atoms with Gasteiger partial charge in [-0.2, -0.15) is 0 Å². The number of benzene rings is 1. The molecule has 0 saturated carbocycles. The number of thiophene rings is 1. The van der Waals surface area contributed by atoms with E-state index < -0.39 is 0 Å². The molecule has 0 aliphatic rings. The quantitative estimate of drug-likeness (QED) is 0.881. The summed E-state index contributed by atoms with van der Waals surface area (Å²) in [6, 6.07) is 12.6. The molecule has 1 aromatic carbocycles. The van der Waals surface area contributed by atoms with E-state index in [9.17, 15) is 0 Å². The molecule has 4 heteroatoms. The molecule has 0 amide bonds. The van der Waals surface area contributed by atoms with Crippen molar-refractivity contribution >= 4 is 28.6 Å². The summed E-state index contributed by atoms with van der Waals surface area (Å²) in [4.78, 5) is 1.23. The number of anilines is 1. The zero-order valence-electron chi connectivity index (χ0n) is 9.83. The van der Waals surface area contributed by atoms with Gasteiger partial charge in [-0.25, -0.2) is 0 Å². The molecule has 2 aromatic rings. The van der Waals surface area contributed by atoms with Crippen LogP contribution in [0.4, 0.5) is 5.69 Å². The van der Waals surface area contributed by atoms with Crippen molar-refractivity contribution in [2.75, 3.05) is 19.4 Å². The zero-order chi connectivity index (χ0) is 12.3. The van der Waals surface area contributed by atoms with E-state index in [-0.39, 0.29) is 6.04 Å². The fraction of sp³-hybridized carbons (Fsp3) is 0.231. The third-order valence-corrected chi connectivity index (χ3v) is 3.97. The molecule has 0 radical (unpaired) electrons. The topological polar surface area (TPSA) is 24.1 Å². The Bertz CT molecular complexity index is 496. The number of halogens is 1. The van der Waals surface area contributed by atoms with Crippen LogP contribution in [0.3, 0.4) is 0 Å². The molecule has 1 heterocycles. The van der Waals surface area contributed by atoms with Crippen LogP contribution in [0.1, 0.15) is 16.5 Å². The minimum Gasteiger partial charge on any atom is -0.388 e. The van der Waals surface area contributed by atoms with Gasteiger partial charge in [0.05, 0.1) is 10.4 Å². The Morgan fingerprint density at radius 2 is 2.00 bits per heavy atom. The lowest BCUT2D eigenvalue weighted by atomic mass is 10.0. The van der Waals surface area contributed by atoms with Crippen molar-refractivity contribution in [2.45, 2.75) is 6.04 Å². The van der Waals surface area contributed by atoms with Crippen LogP contribution in [0, 0.1) is 0 Å². The first-order valence-corrected chi connectivity index (χ1v) is 6.64. The maximum Gasteiger partial charge on any atom is 0.0931 e. The van der Waals surface area contributed by atoms with Crippen LogP contribution < -0.4 is 10.6 Å². The lowest BCUT2D eigenvalue weighted by Gasteiger charge is -2.16. The predicted octanol–water partition coefficient (Wildman–Crippen LogP) is 3.75. The van der Waals surface area contributed by atoms with Crippen molar-refractivity contribution in [3.63, 3.8) is 0 Å². The normalized spacial score (nSPS) is 12.4. The van der Waals surface area contributed by atoms with Crippen molar-refractivity contribution in [1.29, 1.82) is 0 Å². The molecule has 90 valence electrons. The summed E-state index contributed by atoms with van der Waals surface area (Å²) in [5.74, 6) is 0. The van der Waals surface area contributed by atoms with E-state index in [1.54, 1.807) is 11.3 Å². The van der Waals surface area contributed by atoms with Crippen LogP contribution in [0.5, 0.6) is 0 Å². The molecular weight excluding hydrogens is 252 g/mol. The second-order valence-electron chi connectivity index (χ2n) is 3.74. The molecule has 1 atom stereocenters. The Hall–Kier alpha value is -1.03. The first-order valence-electron chi connectivity index (χ1n) is 5.45. The van der Waals surface area contributed by atoms with Crippen molar-refractivity contribution < 1.29 is 0 Å². The first kappa shape index (κ1) is 12.4. The molecule has 1 aromatic heterocycles. The third-order valence-electron chi connectivity index (χ3n) is 2.68. The Labute approximate surface area is 111 Å². The predicted molar refractivity (Wildman–Crippen MR) is 76.2 cm³/mol. The van der Waals surface area contributed by atoms with Gasteiger partial charge in [-0.3, -0.25) is 0 Å². The summed E-state index contributed by atoms with van der Waals surface area (Å²) in [7, 11) is 3.89. The molecule has 0 aliphatic heterocycles. The van der Waals surface area contributed by atoms with E-state index in [0.717, 1.165) is 10.0 Å². The maximum absolute atomic E-state index is 5.99. The monoisotopic (exact) mass is 266 g/mol. The van der Waals surface area contributed by atoms with E-state index in [1.807, 2.05) is 20.2 Å². The molecule has 1 unspecified atom stereocenters. The molecule has 2 rings (SSSR count). The number of rotatable bonds is 4. The molecule has 0 bridgehead atoms. The second-order valence-corrected chi connectivity index (χ2v) is 5.49. The Balaban J connectivity index is 2.34. The Kier molecular flexibility index (Phi) is 4.05.